The number of benzene rings is 1. The fourth-order valence-electron chi connectivity index (χ4n) is 4.20. The maximum absolute atomic E-state index is 12.9. The van der Waals surface area contributed by atoms with Crippen molar-refractivity contribution < 1.29 is 14.4 Å². The Morgan fingerprint density at radius 3 is 2.56 bits per heavy atom. The zero-order chi connectivity index (χ0) is 26.0. The normalized spacial score (nSPS) is 12.4. The third-order valence-corrected chi connectivity index (χ3v) is 5.93. The van der Waals surface area contributed by atoms with Crippen LogP contribution in [0.4, 0.5) is 5.69 Å². The summed E-state index contributed by atoms with van der Waals surface area (Å²) in [5.74, 6) is -2.82. The van der Waals surface area contributed by atoms with Gasteiger partial charge in [-0.25, -0.2) is 4.98 Å². The van der Waals surface area contributed by atoms with Crippen LogP contribution in [0.15, 0.2) is 52.2 Å². The van der Waals surface area contributed by atoms with Gasteiger partial charge in [-0.2, -0.15) is 15.6 Å². The highest BCUT2D eigenvalue weighted by molar-refractivity contribution is 6.04. The number of aromatic nitrogens is 5. The van der Waals surface area contributed by atoms with Crippen LogP contribution in [-0.2, 0) is 14.1 Å². The summed E-state index contributed by atoms with van der Waals surface area (Å²) in [7, 11) is 3.09. The summed E-state index contributed by atoms with van der Waals surface area (Å²) in [5, 5.41) is 40.1. The van der Waals surface area contributed by atoms with Gasteiger partial charge in [0.15, 0.2) is 5.69 Å². The van der Waals surface area contributed by atoms with Gasteiger partial charge in [0, 0.05) is 25.9 Å². The van der Waals surface area contributed by atoms with Crippen LogP contribution in [-0.4, -0.2) is 35.5 Å². The van der Waals surface area contributed by atoms with Crippen molar-refractivity contribution in [3.8, 4) is 17.9 Å². The minimum absolute atomic E-state index is 0.149. The molecular formula is C24H20N8O4. The quantitative estimate of drug-likeness (QED) is 0.415. The van der Waals surface area contributed by atoms with Gasteiger partial charge in [0.2, 0.25) is 5.75 Å². The van der Waals surface area contributed by atoms with Crippen LogP contribution >= 0.6 is 0 Å². The highest BCUT2D eigenvalue weighted by atomic mass is 16.5. The van der Waals surface area contributed by atoms with E-state index in [0.29, 0.717) is 16.8 Å². The van der Waals surface area contributed by atoms with Gasteiger partial charge in [-0.1, -0.05) is 30.3 Å². The van der Waals surface area contributed by atoms with E-state index < -0.39 is 34.7 Å². The molecule has 36 heavy (non-hydrogen) atoms. The van der Waals surface area contributed by atoms with Crippen molar-refractivity contribution in [2.75, 3.05) is 5.32 Å². The molecule has 2 unspecified atom stereocenters. The number of anilines is 1. The van der Waals surface area contributed by atoms with Crippen LogP contribution in [0.3, 0.4) is 0 Å². The Hall–Kier alpha value is -5.23. The smallest absolute Gasteiger partial charge is 0.296 e. The Bertz CT molecular complexity index is 1590. The fourth-order valence-corrected chi connectivity index (χ4v) is 4.20. The van der Waals surface area contributed by atoms with E-state index in [4.69, 9.17) is 0 Å². The molecule has 0 radical (unpaired) electrons. The van der Waals surface area contributed by atoms with Crippen LogP contribution in [0, 0.1) is 22.7 Å². The van der Waals surface area contributed by atoms with E-state index >= 15 is 0 Å². The molecule has 2 N–H and O–H groups in total. The summed E-state index contributed by atoms with van der Waals surface area (Å²) in [6, 6.07) is 11.2. The van der Waals surface area contributed by atoms with Gasteiger partial charge in [-0.3, -0.25) is 18.8 Å². The number of amides is 1. The average Bonchev–Trinajstić information content (AvgIpc) is 3.52. The largest absolute Gasteiger partial charge is 0.501 e. The monoisotopic (exact) mass is 484 g/mol. The third kappa shape index (κ3) is 4.08. The second-order valence-electron chi connectivity index (χ2n) is 8.04. The van der Waals surface area contributed by atoms with E-state index in [0.717, 1.165) is 4.57 Å². The van der Waals surface area contributed by atoms with E-state index in [9.17, 15) is 25.2 Å². The number of carbonyl (C=O) groups is 1. The number of nitrogens with zero attached hydrogens (tertiary/aromatic N) is 7. The lowest BCUT2D eigenvalue weighted by atomic mass is 9.80. The molecule has 3 aromatic heterocycles. The lowest BCUT2D eigenvalue weighted by molar-refractivity contribution is 0.101. The summed E-state index contributed by atoms with van der Waals surface area (Å²) in [6.07, 6.45) is 3.85. The van der Waals surface area contributed by atoms with E-state index in [2.05, 4.69) is 37.2 Å². The third-order valence-electron chi connectivity index (χ3n) is 5.93. The SMILES string of the molecule is CC(c1nc(C(=O)Nc2cnoc2)c(O)c(=O)n1C)C(c1ccccc1C#N)c1c(C#N)cnn1C. The maximum Gasteiger partial charge on any atom is 0.296 e. The van der Waals surface area contributed by atoms with Crippen molar-refractivity contribution in [1.29, 1.82) is 10.5 Å². The number of aromatic hydroxyl groups is 1. The summed E-state index contributed by atoms with van der Waals surface area (Å²) in [6.45, 7) is 1.76. The standard InChI is InChI=1S/C24H20N8O4/c1-13(18(17-7-5-4-6-14(17)8-25)20-15(9-26)10-27-32(20)3)22-30-19(21(33)24(35)31(22)2)23(34)29-16-11-28-36-12-16/h4-7,10-13,18,33H,1-3H3,(H,29,34). The molecule has 1 aromatic carbocycles. The summed E-state index contributed by atoms with van der Waals surface area (Å²) in [4.78, 5) is 30.1. The topological polar surface area (TPSA) is 176 Å². The molecule has 1 amide bonds. The predicted molar refractivity (Wildman–Crippen MR) is 125 cm³/mol. The van der Waals surface area contributed by atoms with Crippen LogP contribution in [0.1, 0.15) is 57.5 Å². The van der Waals surface area contributed by atoms with Crippen LogP contribution in [0.2, 0.25) is 0 Å². The minimum Gasteiger partial charge on any atom is -0.501 e. The number of aryl methyl sites for hydroxylation is 1. The van der Waals surface area contributed by atoms with E-state index in [-0.39, 0.29) is 17.1 Å². The Morgan fingerprint density at radius 1 is 1.17 bits per heavy atom. The van der Waals surface area contributed by atoms with Crippen LogP contribution < -0.4 is 10.9 Å². The highest BCUT2D eigenvalue weighted by Crippen LogP contribution is 2.40. The van der Waals surface area contributed by atoms with Gasteiger partial charge in [0.05, 0.1) is 35.3 Å². The molecule has 4 aromatic rings. The molecular weight excluding hydrogens is 464 g/mol. The van der Waals surface area contributed by atoms with Crippen molar-refractivity contribution in [2.45, 2.75) is 18.8 Å². The first-order valence-corrected chi connectivity index (χ1v) is 10.7. The molecule has 0 spiro atoms. The first kappa shape index (κ1) is 23.9. The molecule has 180 valence electrons. The molecule has 0 saturated carbocycles. The Kier molecular flexibility index (Phi) is 6.35. The Morgan fingerprint density at radius 2 is 1.89 bits per heavy atom. The predicted octanol–water partition coefficient (Wildman–Crippen LogP) is 2.14. The molecule has 0 aliphatic carbocycles. The number of carbonyl (C=O) groups excluding carboxylic acids is 1. The molecule has 3 heterocycles. The second-order valence-corrected chi connectivity index (χ2v) is 8.04. The van der Waals surface area contributed by atoms with Gasteiger partial charge < -0.3 is 14.9 Å². The molecule has 12 nitrogen and oxygen atoms in total. The van der Waals surface area contributed by atoms with Crippen LogP contribution in [0.5, 0.6) is 5.75 Å². The highest BCUT2D eigenvalue weighted by Gasteiger charge is 2.34. The average molecular weight is 484 g/mol. The van der Waals surface area contributed by atoms with Gasteiger partial charge in [-0.05, 0) is 11.6 Å². The maximum atomic E-state index is 12.9. The van der Waals surface area contributed by atoms with Crippen LogP contribution in [0.25, 0.3) is 0 Å². The summed E-state index contributed by atoms with van der Waals surface area (Å²) < 4.78 is 7.36. The van der Waals surface area contributed by atoms with Gasteiger partial charge in [0.25, 0.3) is 11.5 Å². The number of nitrogens with one attached hydrogen (secondary N) is 1. The van der Waals surface area contributed by atoms with E-state index in [1.54, 1.807) is 38.2 Å². The zero-order valence-corrected chi connectivity index (χ0v) is 19.5. The second kappa shape index (κ2) is 9.56. The molecule has 0 fully saturated rings. The van der Waals surface area contributed by atoms with Crippen molar-refractivity contribution in [2.24, 2.45) is 14.1 Å². The number of rotatable bonds is 6. The minimum atomic E-state index is -0.839. The Labute approximate surface area is 204 Å². The van der Waals surface area contributed by atoms with Gasteiger partial charge in [-0.15, -0.1) is 0 Å². The molecule has 4 rings (SSSR count). The van der Waals surface area contributed by atoms with E-state index in [1.807, 2.05) is 0 Å². The molecule has 12 heteroatoms. The van der Waals surface area contributed by atoms with Crippen molar-refractivity contribution >= 4 is 11.6 Å². The summed E-state index contributed by atoms with van der Waals surface area (Å²) in [5.41, 5.74) is 0.644. The fraction of sp³-hybridized carbons (Fsp3) is 0.208. The lowest BCUT2D eigenvalue weighted by Gasteiger charge is -2.27. The summed E-state index contributed by atoms with van der Waals surface area (Å²) >= 11 is 0. The first-order valence-electron chi connectivity index (χ1n) is 10.7. The number of hydrogen-bond acceptors (Lipinski definition) is 9. The molecule has 0 aliphatic rings. The number of hydrogen-bond donors (Lipinski definition) is 2. The van der Waals surface area contributed by atoms with Gasteiger partial charge in [0.1, 0.15) is 23.8 Å². The Balaban J connectivity index is 1.92. The lowest BCUT2D eigenvalue weighted by Crippen LogP contribution is -2.30. The molecule has 0 saturated heterocycles. The van der Waals surface area contributed by atoms with Gasteiger partial charge >= 0.3 is 0 Å². The van der Waals surface area contributed by atoms with Crippen molar-refractivity contribution in [3.05, 3.63) is 87.2 Å². The van der Waals surface area contributed by atoms with Crippen molar-refractivity contribution in [1.82, 2.24) is 24.5 Å². The van der Waals surface area contributed by atoms with E-state index in [1.165, 1.54) is 30.4 Å². The van der Waals surface area contributed by atoms with Crippen molar-refractivity contribution in [3.63, 3.8) is 0 Å². The molecule has 2 atom stereocenters. The first-order chi connectivity index (χ1) is 17.3. The number of nitriles is 2. The molecule has 0 aliphatic heterocycles. The zero-order valence-electron chi connectivity index (χ0n) is 19.5. The molecule has 0 bridgehead atoms.